The molecule has 2 aromatic carbocycles. The Bertz CT molecular complexity index is 797. The highest BCUT2D eigenvalue weighted by Gasteiger charge is 2.38. The number of methoxy groups -OCH3 is 1. The number of amides is 2. The zero-order chi connectivity index (χ0) is 16.6. The second-order valence-electron chi connectivity index (χ2n) is 6.03. The monoisotopic (exact) mass is 310 g/mol. The average Bonchev–Trinajstić information content (AvgIpc) is 2.77. The summed E-state index contributed by atoms with van der Waals surface area (Å²) in [5.41, 5.74) is 2.23. The number of hydrogen-bond donors (Lipinski definition) is 2. The van der Waals surface area contributed by atoms with Crippen molar-refractivity contribution in [1.29, 1.82) is 0 Å². The highest BCUT2D eigenvalue weighted by Crippen LogP contribution is 2.38. The molecule has 23 heavy (non-hydrogen) atoms. The third-order valence-electron chi connectivity index (χ3n) is 4.10. The van der Waals surface area contributed by atoms with Crippen LogP contribution in [0.25, 0.3) is 0 Å². The maximum absolute atomic E-state index is 12.4. The van der Waals surface area contributed by atoms with E-state index in [1.54, 1.807) is 37.4 Å². The van der Waals surface area contributed by atoms with Crippen LogP contribution < -0.4 is 15.4 Å². The molecule has 118 valence electrons. The summed E-state index contributed by atoms with van der Waals surface area (Å²) in [6, 6.07) is 12.4. The summed E-state index contributed by atoms with van der Waals surface area (Å²) < 4.78 is 5.13. The quantitative estimate of drug-likeness (QED) is 0.915. The van der Waals surface area contributed by atoms with Gasteiger partial charge in [-0.25, -0.2) is 0 Å². The number of nitrogens with one attached hydrogen (secondary N) is 2. The Morgan fingerprint density at radius 1 is 1.17 bits per heavy atom. The van der Waals surface area contributed by atoms with Gasteiger partial charge in [0.2, 0.25) is 5.91 Å². The summed E-state index contributed by atoms with van der Waals surface area (Å²) in [4.78, 5) is 24.3. The van der Waals surface area contributed by atoms with Crippen LogP contribution in [0.2, 0.25) is 0 Å². The van der Waals surface area contributed by atoms with Crippen molar-refractivity contribution in [1.82, 2.24) is 0 Å². The van der Waals surface area contributed by atoms with Crippen LogP contribution in [0.15, 0.2) is 42.5 Å². The highest BCUT2D eigenvalue weighted by molar-refractivity contribution is 6.08. The number of carbonyl (C=O) groups is 2. The van der Waals surface area contributed by atoms with Gasteiger partial charge in [0.05, 0.1) is 12.5 Å². The van der Waals surface area contributed by atoms with E-state index in [1.807, 2.05) is 26.0 Å². The van der Waals surface area contributed by atoms with E-state index >= 15 is 0 Å². The molecule has 3 rings (SSSR count). The average molecular weight is 310 g/mol. The van der Waals surface area contributed by atoms with Crippen LogP contribution in [0.1, 0.15) is 29.8 Å². The largest absolute Gasteiger partial charge is 0.497 e. The van der Waals surface area contributed by atoms with Crippen molar-refractivity contribution in [2.75, 3.05) is 17.7 Å². The first-order valence-corrected chi connectivity index (χ1v) is 7.33. The molecule has 0 radical (unpaired) electrons. The molecule has 0 fully saturated rings. The third-order valence-corrected chi connectivity index (χ3v) is 4.10. The molecule has 1 aliphatic heterocycles. The molecule has 0 bridgehead atoms. The lowest BCUT2D eigenvalue weighted by molar-refractivity contribution is -0.119. The first-order valence-electron chi connectivity index (χ1n) is 7.33. The lowest BCUT2D eigenvalue weighted by Crippen LogP contribution is -2.26. The highest BCUT2D eigenvalue weighted by atomic mass is 16.5. The lowest BCUT2D eigenvalue weighted by Gasteiger charge is -2.16. The van der Waals surface area contributed by atoms with E-state index in [2.05, 4.69) is 10.6 Å². The number of ether oxygens (including phenoxy) is 1. The number of hydrogen-bond acceptors (Lipinski definition) is 3. The van der Waals surface area contributed by atoms with Crippen LogP contribution in [0.5, 0.6) is 5.75 Å². The Kier molecular flexibility index (Phi) is 3.56. The molecule has 0 aliphatic carbocycles. The minimum Gasteiger partial charge on any atom is -0.497 e. The Morgan fingerprint density at radius 2 is 1.96 bits per heavy atom. The van der Waals surface area contributed by atoms with Gasteiger partial charge in [0.15, 0.2) is 0 Å². The van der Waals surface area contributed by atoms with Gasteiger partial charge in [0.1, 0.15) is 5.75 Å². The van der Waals surface area contributed by atoms with Crippen molar-refractivity contribution < 1.29 is 14.3 Å². The van der Waals surface area contributed by atoms with Crippen molar-refractivity contribution >= 4 is 23.2 Å². The second-order valence-corrected chi connectivity index (χ2v) is 6.03. The van der Waals surface area contributed by atoms with Crippen LogP contribution in [0, 0.1) is 0 Å². The molecule has 0 spiro atoms. The molecule has 0 aromatic heterocycles. The number of rotatable bonds is 3. The zero-order valence-electron chi connectivity index (χ0n) is 13.3. The second kappa shape index (κ2) is 5.43. The van der Waals surface area contributed by atoms with Crippen molar-refractivity contribution in [2.24, 2.45) is 0 Å². The number of anilines is 2. The Labute approximate surface area is 134 Å². The molecule has 5 heteroatoms. The van der Waals surface area contributed by atoms with Gasteiger partial charge in [-0.3, -0.25) is 9.59 Å². The maximum atomic E-state index is 12.4. The van der Waals surface area contributed by atoms with Crippen molar-refractivity contribution in [2.45, 2.75) is 19.3 Å². The predicted octanol–water partition coefficient (Wildman–Crippen LogP) is 3.18. The topological polar surface area (TPSA) is 67.4 Å². The summed E-state index contributed by atoms with van der Waals surface area (Å²) in [5, 5.41) is 5.71. The first-order chi connectivity index (χ1) is 10.9. The lowest BCUT2D eigenvalue weighted by atomic mass is 9.86. The van der Waals surface area contributed by atoms with Crippen molar-refractivity contribution in [3.05, 3.63) is 53.6 Å². The standard InChI is InChI=1S/C18H18N2O3/c1-18(2)14-10-12(7-8-15(14)20-17(18)22)19-16(21)11-5-4-6-13(9-11)23-3/h4-10H,1-3H3,(H,19,21)(H,20,22). The summed E-state index contributed by atoms with van der Waals surface area (Å²) >= 11 is 0. The fraction of sp³-hybridized carbons (Fsp3) is 0.222. The third kappa shape index (κ3) is 2.65. The van der Waals surface area contributed by atoms with Gasteiger partial charge < -0.3 is 15.4 Å². The summed E-state index contributed by atoms with van der Waals surface area (Å²) in [6.45, 7) is 3.73. The van der Waals surface area contributed by atoms with Crippen LogP contribution in [0.4, 0.5) is 11.4 Å². The smallest absolute Gasteiger partial charge is 0.255 e. The Morgan fingerprint density at radius 3 is 2.70 bits per heavy atom. The van der Waals surface area contributed by atoms with Gasteiger partial charge in [0.25, 0.3) is 5.91 Å². The Balaban J connectivity index is 1.86. The molecule has 1 aliphatic rings. The van der Waals surface area contributed by atoms with E-state index < -0.39 is 5.41 Å². The van der Waals surface area contributed by atoms with Gasteiger partial charge in [-0.05, 0) is 55.8 Å². The summed E-state index contributed by atoms with van der Waals surface area (Å²) in [6.07, 6.45) is 0. The fourth-order valence-corrected chi connectivity index (χ4v) is 2.62. The first kappa shape index (κ1) is 15.1. The molecule has 0 atom stereocenters. The molecular weight excluding hydrogens is 292 g/mol. The van der Waals surface area contributed by atoms with E-state index in [1.165, 1.54) is 0 Å². The van der Waals surface area contributed by atoms with Gasteiger partial charge in [-0.15, -0.1) is 0 Å². The molecular formula is C18H18N2O3. The molecule has 1 heterocycles. The van der Waals surface area contributed by atoms with Gasteiger partial charge in [0, 0.05) is 16.9 Å². The van der Waals surface area contributed by atoms with E-state index in [0.29, 0.717) is 17.0 Å². The number of carbonyl (C=O) groups excluding carboxylic acids is 2. The number of benzene rings is 2. The molecule has 0 saturated heterocycles. The summed E-state index contributed by atoms with van der Waals surface area (Å²) in [5.74, 6) is 0.366. The number of fused-ring (bicyclic) bond motifs is 1. The van der Waals surface area contributed by atoms with Crippen LogP contribution in [0.3, 0.4) is 0 Å². The fourth-order valence-electron chi connectivity index (χ4n) is 2.62. The SMILES string of the molecule is COc1cccc(C(=O)Nc2ccc3c(c2)C(C)(C)C(=O)N3)c1. The van der Waals surface area contributed by atoms with Gasteiger partial charge in [-0.2, -0.15) is 0 Å². The zero-order valence-corrected chi connectivity index (χ0v) is 13.3. The van der Waals surface area contributed by atoms with Crippen molar-refractivity contribution in [3.8, 4) is 5.75 Å². The minimum absolute atomic E-state index is 0.0382. The summed E-state index contributed by atoms with van der Waals surface area (Å²) in [7, 11) is 1.56. The minimum atomic E-state index is -0.605. The van der Waals surface area contributed by atoms with Gasteiger partial charge >= 0.3 is 0 Å². The van der Waals surface area contributed by atoms with Crippen LogP contribution >= 0.6 is 0 Å². The van der Waals surface area contributed by atoms with E-state index in [0.717, 1.165) is 11.3 Å². The molecule has 2 amide bonds. The van der Waals surface area contributed by atoms with Crippen LogP contribution in [-0.2, 0) is 10.2 Å². The van der Waals surface area contributed by atoms with E-state index in [9.17, 15) is 9.59 Å². The molecule has 0 unspecified atom stereocenters. The molecule has 2 N–H and O–H groups in total. The van der Waals surface area contributed by atoms with Crippen LogP contribution in [-0.4, -0.2) is 18.9 Å². The van der Waals surface area contributed by atoms with Crippen molar-refractivity contribution in [3.63, 3.8) is 0 Å². The van der Waals surface area contributed by atoms with E-state index in [4.69, 9.17) is 4.74 Å². The maximum Gasteiger partial charge on any atom is 0.255 e. The molecule has 0 saturated carbocycles. The Hall–Kier alpha value is -2.82. The predicted molar refractivity (Wildman–Crippen MR) is 89.0 cm³/mol. The van der Waals surface area contributed by atoms with E-state index in [-0.39, 0.29) is 11.8 Å². The molecule has 5 nitrogen and oxygen atoms in total. The normalized spacial score (nSPS) is 14.8. The van der Waals surface area contributed by atoms with Gasteiger partial charge in [-0.1, -0.05) is 6.07 Å². The molecule has 2 aromatic rings.